The van der Waals surface area contributed by atoms with Crippen molar-refractivity contribution in [3.8, 4) is 0 Å². The van der Waals surface area contributed by atoms with E-state index in [1.807, 2.05) is 11.8 Å². The van der Waals surface area contributed by atoms with Gasteiger partial charge in [-0.25, -0.2) is 4.39 Å². The van der Waals surface area contributed by atoms with Crippen LogP contribution in [-0.2, 0) is 4.79 Å². The monoisotopic (exact) mass is 366 g/mol. The normalized spacial score (nSPS) is 16.0. The molecular weight excluding hydrogens is 347 g/mol. The van der Waals surface area contributed by atoms with E-state index in [4.69, 9.17) is 0 Å². The molecular formula is C16H19FN4OS2. The summed E-state index contributed by atoms with van der Waals surface area (Å²) < 4.78 is 13.9. The third-order valence-electron chi connectivity index (χ3n) is 3.78. The molecule has 1 N–H and O–H groups in total. The first-order valence-corrected chi connectivity index (χ1v) is 9.63. The molecule has 0 bridgehead atoms. The number of likely N-dealkylation sites (tertiary alicyclic amines) is 1. The second-order valence-corrected chi connectivity index (χ2v) is 8.22. The number of aromatic nitrogens is 2. The molecule has 2 aromatic rings. The smallest absolute Gasteiger partial charge is 0.235 e. The summed E-state index contributed by atoms with van der Waals surface area (Å²) in [4.78, 5) is 14.4. The first-order chi connectivity index (χ1) is 11.6. The van der Waals surface area contributed by atoms with E-state index in [0.717, 1.165) is 30.3 Å². The summed E-state index contributed by atoms with van der Waals surface area (Å²) in [6, 6.07) is 6.19. The highest BCUT2D eigenvalue weighted by Gasteiger charge is 2.24. The fraction of sp³-hybridized carbons (Fsp3) is 0.438. The Morgan fingerprint density at radius 2 is 2.12 bits per heavy atom. The highest BCUT2D eigenvalue weighted by Crippen LogP contribution is 2.31. The predicted molar refractivity (Wildman–Crippen MR) is 95.3 cm³/mol. The average Bonchev–Trinajstić information content (AvgIpc) is 3.02. The molecule has 1 saturated heterocycles. The fourth-order valence-electron chi connectivity index (χ4n) is 2.57. The number of halogens is 1. The Hall–Kier alpha value is -1.67. The minimum Gasteiger partial charge on any atom is -0.342 e. The molecule has 24 heavy (non-hydrogen) atoms. The SMILES string of the molecule is C[C@@H](Sc1nnc(Nc2cccc(F)c2)s1)C(=O)N1CCCCC1. The highest BCUT2D eigenvalue weighted by atomic mass is 32.2. The van der Waals surface area contributed by atoms with Crippen molar-refractivity contribution in [3.05, 3.63) is 30.1 Å². The molecule has 0 aliphatic carbocycles. The van der Waals surface area contributed by atoms with E-state index in [9.17, 15) is 9.18 Å². The summed E-state index contributed by atoms with van der Waals surface area (Å²) in [6.45, 7) is 3.61. The van der Waals surface area contributed by atoms with Crippen molar-refractivity contribution in [2.45, 2.75) is 35.8 Å². The zero-order valence-corrected chi connectivity index (χ0v) is 15.0. The highest BCUT2D eigenvalue weighted by molar-refractivity contribution is 8.02. The van der Waals surface area contributed by atoms with Gasteiger partial charge in [-0.2, -0.15) is 0 Å². The van der Waals surface area contributed by atoms with Gasteiger partial charge in [0.1, 0.15) is 5.82 Å². The molecule has 1 amide bonds. The van der Waals surface area contributed by atoms with Gasteiger partial charge in [0.25, 0.3) is 0 Å². The summed E-state index contributed by atoms with van der Waals surface area (Å²) in [5.74, 6) is -0.144. The van der Waals surface area contributed by atoms with Gasteiger partial charge in [-0.3, -0.25) is 4.79 Å². The number of piperidine rings is 1. The van der Waals surface area contributed by atoms with Crippen LogP contribution in [-0.4, -0.2) is 39.3 Å². The van der Waals surface area contributed by atoms with E-state index in [1.165, 1.54) is 41.7 Å². The van der Waals surface area contributed by atoms with Crippen LogP contribution in [0.15, 0.2) is 28.6 Å². The molecule has 0 unspecified atom stereocenters. The lowest BCUT2D eigenvalue weighted by atomic mass is 10.1. The molecule has 1 atom stereocenters. The quantitative estimate of drug-likeness (QED) is 0.813. The van der Waals surface area contributed by atoms with E-state index in [0.29, 0.717) is 10.8 Å². The van der Waals surface area contributed by atoms with Crippen molar-refractivity contribution in [2.75, 3.05) is 18.4 Å². The van der Waals surface area contributed by atoms with Crippen LogP contribution < -0.4 is 5.32 Å². The number of carbonyl (C=O) groups excluding carboxylic acids is 1. The van der Waals surface area contributed by atoms with E-state index in [-0.39, 0.29) is 17.0 Å². The van der Waals surface area contributed by atoms with Crippen molar-refractivity contribution >= 4 is 39.8 Å². The molecule has 1 aliphatic heterocycles. The molecule has 0 spiro atoms. The molecule has 0 saturated carbocycles. The lowest BCUT2D eigenvalue weighted by molar-refractivity contribution is -0.131. The van der Waals surface area contributed by atoms with Crippen LogP contribution in [0.4, 0.5) is 15.2 Å². The zero-order valence-electron chi connectivity index (χ0n) is 13.4. The zero-order chi connectivity index (χ0) is 16.9. The fourth-order valence-corrected chi connectivity index (χ4v) is 4.57. The number of anilines is 2. The number of hydrogen-bond donors (Lipinski definition) is 1. The minimum atomic E-state index is -0.306. The van der Waals surface area contributed by atoms with Crippen molar-refractivity contribution in [1.29, 1.82) is 0 Å². The number of rotatable bonds is 5. The summed E-state index contributed by atoms with van der Waals surface area (Å²) >= 11 is 2.78. The molecule has 8 heteroatoms. The van der Waals surface area contributed by atoms with Crippen molar-refractivity contribution in [1.82, 2.24) is 15.1 Å². The van der Waals surface area contributed by atoms with Crippen LogP contribution in [0, 0.1) is 5.82 Å². The number of nitrogens with zero attached hydrogens (tertiary/aromatic N) is 3. The maximum atomic E-state index is 13.2. The molecule has 1 aliphatic rings. The van der Waals surface area contributed by atoms with Crippen LogP contribution in [0.3, 0.4) is 0 Å². The van der Waals surface area contributed by atoms with Gasteiger partial charge >= 0.3 is 0 Å². The van der Waals surface area contributed by atoms with Gasteiger partial charge in [0, 0.05) is 18.8 Å². The standard InChI is InChI=1S/C16H19FN4OS2/c1-11(14(22)21-8-3-2-4-9-21)23-16-20-19-15(24-16)18-13-7-5-6-12(17)10-13/h5-7,10-11H,2-4,8-9H2,1H3,(H,18,19)/t11-/m1/s1. The number of carbonyl (C=O) groups is 1. The molecule has 1 fully saturated rings. The van der Waals surface area contributed by atoms with Crippen LogP contribution in [0.25, 0.3) is 0 Å². The Bertz CT molecular complexity index is 703. The van der Waals surface area contributed by atoms with Gasteiger partial charge in [-0.05, 0) is 44.4 Å². The molecule has 2 heterocycles. The van der Waals surface area contributed by atoms with Gasteiger partial charge in [0.2, 0.25) is 11.0 Å². The van der Waals surface area contributed by atoms with E-state index >= 15 is 0 Å². The summed E-state index contributed by atoms with van der Waals surface area (Å²) in [6.07, 6.45) is 3.38. The van der Waals surface area contributed by atoms with E-state index < -0.39 is 0 Å². The van der Waals surface area contributed by atoms with Gasteiger partial charge in [-0.15, -0.1) is 10.2 Å². The Labute approximate surface area is 148 Å². The summed E-state index contributed by atoms with van der Waals surface area (Å²) in [5, 5.41) is 11.6. The van der Waals surface area contributed by atoms with Crippen LogP contribution in [0.5, 0.6) is 0 Å². The predicted octanol–water partition coefficient (Wildman–Crippen LogP) is 3.91. The van der Waals surface area contributed by atoms with Gasteiger partial charge in [0.05, 0.1) is 5.25 Å². The summed E-state index contributed by atoms with van der Waals surface area (Å²) in [7, 11) is 0. The number of thioether (sulfide) groups is 1. The van der Waals surface area contributed by atoms with Gasteiger partial charge in [-0.1, -0.05) is 29.2 Å². The van der Waals surface area contributed by atoms with Crippen molar-refractivity contribution in [3.63, 3.8) is 0 Å². The number of benzene rings is 1. The lowest BCUT2D eigenvalue weighted by Gasteiger charge is -2.28. The molecule has 5 nitrogen and oxygen atoms in total. The molecule has 0 radical (unpaired) electrons. The average molecular weight is 366 g/mol. The van der Waals surface area contributed by atoms with Gasteiger partial charge < -0.3 is 10.2 Å². The maximum Gasteiger partial charge on any atom is 0.235 e. The van der Waals surface area contributed by atoms with Crippen LogP contribution in [0.2, 0.25) is 0 Å². The molecule has 1 aromatic carbocycles. The first kappa shape index (κ1) is 17.2. The maximum absolute atomic E-state index is 13.2. The topological polar surface area (TPSA) is 58.1 Å². The van der Waals surface area contributed by atoms with Crippen LogP contribution in [0.1, 0.15) is 26.2 Å². The van der Waals surface area contributed by atoms with Crippen molar-refractivity contribution < 1.29 is 9.18 Å². The Kier molecular flexibility index (Phi) is 5.68. The molecule has 128 valence electrons. The lowest BCUT2D eigenvalue weighted by Crippen LogP contribution is -2.40. The number of hydrogen-bond acceptors (Lipinski definition) is 6. The largest absolute Gasteiger partial charge is 0.342 e. The number of nitrogens with one attached hydrogen (secondary N) is 1. The first-order valence-electron chi connectivity index (χ1n) is 7.93. The third kappa shape index (κ3) is 4.45. The Balaban J connectivity index is 1.58. The Morgan fingerprint density at radius 1 is 1.33 bits per heavy atom. The molecule has 1 aromatic heterocycles. The third-order valence-corrected chi connectivity index (χ3v) is 5.79. The minimum absolute atomic E-state index is 0.162. The Morgan fingerprint density at radius 3 is 2.88 bits per heavy atom. The van der Waals surface area contributed by atoms with E-state index in [2.05, 4.69) is 15.5 Å². The second-order valence-electron chi connectivity index (χ2n) is 5.65. The number of amides is 1. The van der Waals surface area contributed by atoms with E-state index in [1.54, 1.807) is 12.1 Å². The van der Waals surface area contributed by atoms with Crippen molar-refractivity contribution in [2.24, 2.45) is 0 Å². The van der Waals surface area contributed by atoms with Gasteiger partial charge in [0.15, 0.2) is 4.34 Å². The summed E-state index contributed by atoms with van der Waals surface area (Å²) in [5.41, 5.74) is 0.625. The molecule has 3 rings (SSSR count). The second kappa shape index (κ2) is 7.94. The van der Waals surface area contributed by atoms with Crippen LogP contribution >= 0.6 is 23.1 Å².